The average molecular weight is 407 g/mol. The number of hydrogen-bond donors (Lipinski definition) is 2. The number of aromatic nitrogens is 5. The second-order valence-corrected chi connectivity index (χ2v) is 7.19. The number of aryl methyl sites for hydroxylation is 1. The van der Waals surface area contributed by atoms with Crippen molar-refractivity contribution in [2.45, 2.75) is 13.5 Å². The molecule has 0 spiro atoms. The van der Waals surface area contributed by atoms with Gasteiger partial charge in [-0.25, -0.2) is 19.0 Å². The lowest BCUT2D eigenvalue weighted by Crippen LogP contribution is -3.14. The smallest absolute Gasteiger partial charge is 0.184 e. The van der Waals surface area contributed by atoms with Gasteiger partial charge >= 0.3 is 0 Å². The van der Waals surface area contributed by atoms with Gasteiger partial charge in [0.1, 0.15) is 24.7 Å². The van der Waals surface area contributed by atoms with Crippen LogP contribution in [0, 0.1) is 12.7 Å². The molecule has 1 aliphatic heterocycles. The summed E-state index contributed by atoms with van der Waals surface area (Å²) in [6, 6.07) is 4.60. The minimum absolute atomic E-state index is 0.149. The molecule has 8 nitrogen and oxygen atoms in total. The fourth-order valence-corrected chi connectivity index (χ4v) is 3.52. The van der Waals surface area contributed by atoms with Gasteiger partial charge in [-0.2, -0.15) is 0 Å². The molecule has 4 rings (SSSR count). The minimum atomic E-state index is -0.381. The topological polar surface area (TPSA) is 82.2 Å². The molecule has 3 aromatic rings. The Morgan fingerprint density at radius 2 is 2.11 bits per heavy atom. The number of benzene rings is 1. The van der Waals surface area contributed by atoms with Gasteiger partial charge in [-0.3, -0.25) is 0 Å². The summed E-state index contributed by atoms with van der Waals surface area (Å²) in [7, 11) is 0. The van der Waals surface area contributed by atoms with Crippen molar-refractivity contribution in [1.82, 2.24) is 25.0 Å². The molecule has 0 bridgehead atoms. The standard InChI is InChI=1S/C18H21ClFN7O/c1-12-22-17(21-5-6-26-7-9-28-10-8-26)16-18(23-12)27(25-24-16)11-13-14(19)3-2-4-15(13)20/h2-4H,5-11H2,1H3,(H,21,22,23)/p+1. The first-order valence-corrected chi connectivity index (χ1v) is 9.65. The van der Waals surface area contributed by atoms with E-state index in [0.29, 0.717) is 33.4 Å². The molecule has 0 radical (unpaired) electrons. The number of nitrogens with one attached hydrogen (secondary N) is 2. The van der Waals surface area contributed by atoms with Gasteiger partial charge in [-0.15, -0.1) is 5.10 Å². The van der Waals surface area contributed by atoms with Crippen molar-refractivity contribution >= 4 is 28.6 Å². The Balaban J connectivity index is 1.54. The zero-order valence-electron chi connectivity index (χ0n) is 15.6. The third-order valence-corrected chi connectivity index (χ3v) is 5.17. The van der Waals surface area contributed by atoms with Crippen LogP contribution in [0.3, 0.4) is 0 Å². The normalized spacial score (nSPS) is 15.2. The van der Waals surface area contributed by atoms with E-state index in [-0.39, 0.29) is 12.4 Å². The highest BCUT2D eigenvalue weighted by Crippen LogP contribution is 2.22. The highest BCUT2D eigenvalue weighted by atomic mass is 35.5. The number of halogens is 2. The van der Waals surface area contributed by atoms with Crippen LogP contribution in [-0.2, 0) is 11.3 Å². The fraction of sp³-hybridized carbons (Fsp3) is 0.444. The van der Waals surface area contributed by atoms with Crippen molar-refractivity contribution in [1.29, 1.82) is 0 Å². The lowest BCUT2D eigenvalue weighted by Gasteiger charge is -2.23. The van der Waals surface area contributed by atoms with Crippen molar-refractivity contribution in [2.75, 3.05) is 44.7 Å². The van der Waals surface area contributed by atoms with Gasteiger partial charge in [-0.1, -0.05) is 22.9 Å². The van der Waals surface area contributed by atoms with Gasteiger partial charge in [0.05, 0.1) is 32.8 Å². The third-order valence-electron chi connectivity index (χ3n) is 4.82. The first kappa shape index (κ1) is 19.0. The molecule has 1 fully saturated rings. The highest BCUT2D eigenvalue weighted by Gasteiger charge is 2.17. The fourth-order valence-electron chi connectivity index (χ4n) is 3.30. The lowest BCUT2D eigenvalue weighted by atomic mass is 10.2. The van der Waals surface area contributed by atoms with E-state index in [9.17, 15) is 4.39 Å². The number of quaternary nitrogens is 1. The van der Waals surface area contributed by atoms with Crippen molar-refractivity contribution in [3.63, 3.8) is 0 Å². The molecule has 0 amide bonds. The SMILES string of the molecule is Cc1nc(NCC[NH+]2CCOCC2)c2nnn(Cc3c(F)cccc3Cl)c2n1. The van der Waals surface area contributed by atoms with Crippen molar-refractivity contribution in [2.24, 2.45) is 0 Å². The molecule has 1 aliphatic rings. The van der Waals surface area contributed by atoms with Gasteiger partial charge in [0, 0.05) is 10.6 Å². The summed E-state index contributed by atoms with van der Waals surface area (Å²) in [6.07, 6.45) is 0. The van der Waals surface area contributed by atoms with Crippen LogP contribution in [0.5, 0.6) is 0 Å². The van der Waals surface area contributed by atoms with E-state index in [1.807, 2.05) is 6.92 Å². The van der Waals surface area contributed by atoms with Crippen LogP contribution in [0.2, 0.25) is 5.02 Å². The summed E-state index contributed by atoms with van der Waals surface area (Å²) in [5.74, 6) is 0.853. The van der Waals surface area contributed by atoms with E-state index in [2.05, 4.69) is 25.6 Å². The first-order valence-electron chi connectivity index (χ1n) is 9.27. The van der Waals surface area contributed by atoms with Gasteiger partial charge in [0.25, 0.3) is 0 Å². The molecule has 10 heteroatoms. The summed E-state index contributed by atoms with van der Waals surface area (Å²) < 4.78 is 21.1. The summed E-state index contributed by atoms with van der Waals surface area (Å²) in [5, 5.41) is 12.1. The zero-order valence-corrected chi connectivity index (χ0v) is 16.3. The van der Waals surface area contributed by atoms with E-state index in [1.54, 1.807) is 16.8 Å². The van der Waals surface area contributed by atoms with Crippen molar-refractivity contribution in [3.05, 3.63) is 40.4 Å². The maximum absolute atomic E-state index is 14.1. The molecule has 1 aromatic carbocycles. The molecule has 148 valence electrons. The maximum Gasteiger partial charge on any atom is 0.184 e. The largest absolute Gasteiger partial charge is 0.370 e. The van der Waals surface area contributed by atoms with Gasteiger partial charge < -0.3 is 15.0 Å². The summed E-state index contributed by atoms with van der Waals surface area (Å²) in [6.45, 7) is 7.32. The predicted octanol–water partition coefficient (Wildman–Crippen LogP) is 0.698. The average Bonchev–Trinajstić information content (AvgIpc) is 3.08. The minimum Gasteiger partial charge on any atom is -0.370 e. The van der Waals surface area contributed by atoms with Crippen LogP contribution in [0.4, 0.5) is 10.2 Å². The molecular weight excluding hydrogens is 385 g/mol. The molecule has 28 heavy (non-hydrogen) atoms. The van der Waals surface area contributed by atoms with Crippen LogP contribution >= 0.6 is 11.6 Å². The molecule has 2 aromatic heterocycles. The van der Waals surface area contributed by atoms with Crippen molar-refractivity contribution in [3.8, 4) is 0 Å². The molecule has 0 atom stereocenters. The molecule has 0 saturated carbocycles. The number of nitrogens with zero attached hydrogens (tertiary/aromatic N) is 5. The number of anilines is 1. The number of ether oxygens (including phenoxy) is 1. The second-order valence-electron chi connectivity index (χ2n) is 6.78. The molecular formula is C18H22ClFN7O+. The van der Waals surface area contributed by atoms with E-state index in [0.717, 1.165) is 39.4 Å². The Morgan fingerprint density at radius 3 is 2.89 bits per heavy atom. The highest BCUT2D eigenvalue weighted by molar-refractivity contribution is 6.31. The third kappa shape index (κ3) is 4.06. The molecule has 2 N–H and O–H groups in total. The Bertz CT molecular complexity index is 954. The van der Waals surface area contributed by atoms with Crippen LogP contribution in [-0.4, -0.2) is 64.4 Å². The monoisotopic (exact) mass is 406 g/mol. The first-order chi connectivity index (χ1) is 13.6. The Hall–Kier alpha value is -2.36. The van der Waals surface area contributed by atoms with Crippen LogP contribution in [0.25, 0.3) is 11.2 Å². The van der Waals surface area contributed by atoms with Gasteiger partial charge in [0.2, 0.25) is 0 Å². The maximum atomic E-state index is 14.1. The van der Waals surface area contributed by atoms with Gasteiger partial charge in [-0.05, 0) is 19.1 Å². The molecule has 0 unspecified atom stereocenters. The quantitative estimate of drug-likeness (QED) is 0.627. The lowest BCUT2D eigenvalue weighted by molar-refractivity contribution is -0.906. The second kappa shape index (κ2) is 8.34. The Labute approximate surface area is 166 Å². The summed E-state index contributed by atoms with van der Waals surface area (Å²) >= 11 is 6.14. The van der Waals surface area contributed by atoms with Crippen LogP contribution < -0.4 is 10.2 Å². The molecule has 3 heterocycles. The Kier molecular flexibility index (Phi) is 5.65. The van der Waals surface area contributed by atoms with Crippen LogP contribution in [0.15, 0.2) is 18.2 Å². The number of rotatable bonds is 6. The molecule has 0 aliphatic carbocycles. The Morgan fingerprint density at radius 1 is 1.29 bits per heavy atom. The number of morpholine rings is 1. The molecule has 1 saturated heterocycles. The zero-order chi connectivity index (χ0) is 19.5. The van der Waals surface area contributed by atoms with E-state index < -0.39 is 0 Å². The van der Waals surface area contributed by atoms with E-state index in [1.165, 1.54) is 11.0 Å². The van der Waals surface area contributed by atoms with Gasteiger partial charge in [0.15, 0.2) is 17.0 Å². The van der Waals surface area contributed by atoms with Crippen molar-refractivity contribution < 1.29 is 14.0 Å². The van der Waals surface area contributed by atoms with E-state index >= 15 is 0 Å². The number of hydrogen-bond acceptors (Lipinski definition) is 6. The van der Waals surface area contributed by atoms with Crippen LogP contribution in [0.1, 0.15) is 11.4 Å². The predicted molar refractivity (Wildman–Crippen MR) is 103 cm³/mol. The summed E-state index contributed by atoms with van der Waals surface area (Å²) in [4.78, 5) is 10.4. The number of fused-ring (bicyclic) bond motifs is 1. The summed E-state index contributed by atoms with van der Waals surface area (Å²) in [5.41, 5.74) is 1.47. The van der Waals surface area contributed by atoms with E-state index in [4.69, 9.17) is 16.3 Å².